The van der Waals surface area contributed by atoms with E-state index in [2.05, 4.69) is 41.7 Å². The Morgan fingerprint density at radius 3 is 2.69 bits per heavy atom. The van der Waals surface area contributed by atoms with Crippen molar-refractivity contribution < 1.29 is 0 Å². The molecular weight excluding hydrogens is 158 g/mol. The second-order valence-electron chi connectivity index (χ2n) is 3.50. The summed E-state index contributed by atoms with van der Waals surface area (Å²) in [6.45, 7) is 1.000. The Bertz CT molecular complexity index is 272. The molecular formula is C12H15N. The maximum Gasteiger partial charge on any atom is 0.0140 e. The number of hydrogen-bond acceptors (Lipinski definition) is 1. The quantitative estimate of drug-likeness (QED) is 0.737. The van der Waals surface area contributed by atoms with Gasteiger partial charge < -0.3 is 5.32 Å². The molecule has 1 heteroatoms. The van der Waals surface area contributed by atoms with Crippen LogP contribution in [0.25, 0.3) is 6.08 Å². The third-order valence-electron chi connectivity index (χ3n) is 2.21. The van der Waals surface area contributed by atoms with Crippen molar-refractivity contribution in [3.8, 4) is 0 Å². The number of hydrogen-bond donors (Lipinski definition) is 1. The van der Waals surface area contributed by atoms with Crippen LogP contribution < -0.4 is 5.32 Å². The van der Waals surface area contributed by atoms with E-state index in [1.54, 1.807) is 0 Å². The molecule has 1 aliphatic carbocycles. The first kappa shape index (κ1) is 8.52. The molecule has 2 rings (SSSR count). The lowest BCUT2D eigenvalue weighted by Gasteiger charge is -1.95. The van der Waals surface area contributed by atoms with Gasteiger partial charge in [-0.3, -0.25) is 0 Å². The highest BCUT2D eigenvalue weighted by atomic mass is 14.9. The van der Waals surface area contributed by atoms with Crippen molar-refractivity contribution in [2.45, 2.75) is 18.9 Å². The molecule has 1 N–H and O–H groups in total. The molecule has 1 fully saturated rings. The Morgan fingerprint density at radius 2 is 2.00 bits per heavy atom. The lowest BCUT2D eigenvalue weighted by molar-refractivity contribution is 0.754. The molecule has 1 aromatic carbocycles. The molecule has 0 atom stereocenters. The second-order valence-corrected chi connectivity index (χ2v) is 3.50. The summed E-state index contributed by atoms with van der Waals surface area (Å²) >= 11 is 0. The van der Waals surface area contributed by atoms with Crippen LogP contribution in [0.1, 0.15) is 18.4 Å². The molecule has 1 aliphatic rings. The number of rotatable bonds is 4. The van der Waals surface area contributed by atoms with Gasteiger partial charge in [-0.1, -0.05) is 42.5 Å². The van der Waals surface area contributed by atoms with E-state index in [0.717, 1.165) is 12.6 Å². The minimum Gasteiger partial charge on any atom is -0.311 e. The maximum absolute atomic E-state index is 3.44. The topological polar surface area (TPSA) is 12.0 Å². The van der Waals surface area contributed by atoms with Crippen LogP contribution in [-0.4, -0.2) is 12.6 Å². The zero-order valence-electron chi connectivity index (χ0n) is 7.74. The van der Waals surface area contributed by atoms with E-state index in [0.29, 0.717) is 0 Å². The van der Waals surface area contributed by atoms with E-state index < -0.39 is 0 Å². The average molecular weight is 173 g/mol. The first-order chi connectivity index (χ1) is 6.45. The van der Waals surface area contributed by atoms with Crippen LogP contribution in [0.2, 0.25) is 0 Å². The van der Waals surface area contributed by atoms with Crippen molar-refractivity contribution in [2.75, 3.05) is 6.54 Å². The number of benzene rings is 1. The Hall–Kier alpha value is -1.08. The largest absolute Gasteiger partial charge is 0.311 e. The van der Waals surface area contributed by atoms with E-state index in [1.807, 2.05) is 6.07 Å². The van der Waals surface area contributed by atoms with E-state index in [-0.39, 0.29) is 0 Å². The summed E-state index contributed by atoms with van der Waals surface area (Å²) in [5.41, 5.74) is 1.28. The fourth-order valence-corrected chi connectivity index (χ4v) is 1.28. The minimum atomic E-state index is 0.806. The number of nitrogens with one attached hydrogen (secondary N) is 1. The third kappa shape index (κ3) is 3.03. The van der Waals surface area contributed by atoms with Crippen LogP contribution in [0.5, 0.6) is 0 Å². The van der Waals surface area contributed by atoms with Crippen LogP contribution in [0.3, 0.4) is 0 Å². The van der Waals surface area contributed by atoms with Gasteiger partial charge in [0.1, 0.15) is 0 Å². The molecule has 68 valence electrons. The van der Waals surface area contributed by atoms with Crippen molar-refractivity contribution in [3.05, 3.63) is 42.0 Å². The normalized spacial score (nSPS) is 16.6. The minimum absolute atomic E-state index is 0.806. The zero-order chi connectivity index (χ0) is 8.93. The summed E-state index contributed by atoms with van der Waals surface area (Å²) in [6, 6.07) is 11.2. The molecule has 1 aromatic rings. The average Bonchev–Trinajstić information content (AvgIpc) is 2.98. The van der Waals surface area contributed by atoms with Crippen LogP contribution >= 0.6 is 0 Å². The third-order valence-corrected chi connectivity index (χ3v) is 2.21. The van der Waals surface area contributed by atoms with Gasteiger partial charge in [0, 0.05) is 12.6 Å². The highest BCUT2D eigenvalue weighted by molar-refractivity contribution is 5.48. The van der Waals surface area contributed by atoms with Gasteiger partial charge in [-0.15, -0.1) is 0 Å². The molecule has 0 amide bonds. The predicted octanol–water partition coefficient (Wildman–Crippen LogP) is 2.45. The molecule has 0 saturated heterocycles. The molecule has 13 heavy (non-hydrogen) atoms. The lowest BCUT2D eigenvalue weighted by Crippen LogP contribution is -2.15. The summed E-state index contributed by atoms with van der Waals surface area (Å²) in [5.74, 6) is 0. The SMILES string of the molecule is C(=C\c1ccccc1)/CNC1CC1. The molecule has 0 bridgehead atoms. The highest BCUT2D eigenvalue weighted by Crippen LogP contribution is 2.18. The standard InChI is InChI=1S/C12H15N/c1-2-5-11(6-3-1)7-4-10-13-12-8-9-12/h1-7,12-13H,8-10H2/b7-4+. The van der Waals surface area contributed by atoms with Gasteiger partial charge in [0.05, 0.1) is 0 Å². The molecule has 0 heterocycles. The Morgan fingerprint density at radius 1 is 1.23 bits per heavy atom. The van der Waals surface area contributed by atoms with Gasteiger partial charge in [0.2, 0.25) is 0 Å². The van der Waals surface area contributed by atoms with Gasteiger partial charge in [0.25, 0.3) is 0 Å². The van der Waals surface area contributed by atoms with Crippen LogP contribution in [0.4, 0.5) is 0 Å². The first-order valence-electron chi connectivity index (χ1n) is 4.90. The maximum atomic E-state index is 3.44. The first-order valence-corrected chi connectivity index (χ1v) is 4.90. The van der Waals surface area contributed by atoms with Crippen molar-refractivity contribution in [1.29, 1.82) is 0 Å². The molecule has 0 aliphatic heterocycles. The fourth-order valence-electron chi connectivity index (χ4n) is 1.28. The van der Waals surface area contributed by atoms with Crippen molar-refractivity contribution >= 4 is 6.08 Å². The second kappa shape index (κ2) is 4.24. The highest BCUT2D eigenvalue weighted by Gasteiger charge is 2.18. The molecule has 0 radical (unpaired) electrons. The zero-order valence-corrected chi connectivity index (χ0v) is 7.74. The molecule has 0 aromatic heterocycles. The Balaban J connectivity index is 1.76. The van der Waals surface area contributed by atoms with E-state index in [9.17, 15) is 0 Å². The summed E-state index contributed by atoms with van der Waals surface area (Å²) < 4.78 is 0. The monoisotopic (exact) mass is 173 g/mol. The molecule has 0 spiro atoms. The van der Waals surface area contributed by atoms with Gasteiger partial charge in [-0.05, 0) is 18.4 Å². The van der Waals surface area contributed by atoms with Crippen molar-refractivity contribution in [3.63, 3.8) is 0 Å². The summed E-state index contributed by atoms with van der Waals surface area (Å²) in [5, 5.41) is 3.44. The van der Waals surface area contributed by atoms with Crippen LogP contribution in [0.15, 0.2) is 36.4 Å². The van der Waals surface area contributed by atoms with Gasteiger partial charge >= 0.3 is 0 Å². The van der Waals surface area contributed by atoms with Gasteiger partial charge in [-0.25, -0.2) is 0 Å². The van der Waals surface area contributed by atoms with E-state index >= 15 is 0 Å². The Kier molecular flexibility index (Phi) is 2.78. The van der Waals surface area contributed by atoms with Gasteiger partial charge in [0.15, 0.2) is 0 Å². The van der Waals surface area contributed by atoms with Gasteiger partial charge in [-0.2, -0.15) is 0 Å². The molecule has 1 saturated carbocycles. The fraction of sp³-hybridized carbons (Fsp3) is 0.333. The Labute approximate surface area is 79.5 Å². The lowest BCUT2D eigenvalue weighted by atomic mass is 10.2. The van der Waals surface area contributed by atoms with Crippen LogP contribution in [-0.2, 0) is 0 Å². The molecule has 0 unspecified atom stereocenters. The van der Waals surface area contributed by atoms with Crippen LogP contribution in [0, 0.1) is 0 Å². The molecule has 1 nitrogen and oxygen atoms in total. The summed E-state index contributed by atoms with van der Waals surface area (Å²) in [7, 11) is 0. The van der Waals surface area contributed by atoms with E-state index in [1.165, 1.54) is 18.4 Å². The van der Waals surface area contributed by atoms with Crippen molar-refractivity contribution in [1.82, 2.24) is 5.32 Å². The predicted molar refractivity (Wildman–Crippen MR) is 56.5 cm³/mol. The smallest absolute Gasteiger partial charge is 0.0140 e. The summed E-state index contributed by atoms with van der Waals surface area (Å²) in [4.78, 5) is 0. The summed E-state index contributed by atoms with van der Waals surface area (Å²) in [6.07, 6.45) is 7.07. The van der Waals surface area contributed by atoms with Crippen molar-refractivity contribution in [2.24, 2.45) is 0 Å². The van der Waals surface area contributed by atoms with E-state index in [4.69, 9.17) is 0 Å².